The molecule has 1 heterocycles. The van der Waals surface area contributed by atoms with E-state index >= 15 is 0 Å². The van der Waals surface area contributed by atoms with Crippen LogP contribution < -0.4 is 11.1 Å². The van der Waals surface area contributed by atoms with Crippen LogP contribution in [0.4, 0.5) is 0 Å². The predicted octanol–water partition coefficient (Wildman–Crippen LogP) is -0.107. The Kier molecular flexibility index (Phi) is 5.18. The Hall–Kier alpha value is -0.650. The number of amides is 1. The van der Waals surface area contributed by atoms with Gasteiger partial charge in [-0.05, 0) is 13.3 Å². The average Bonchev–Trinajstić information content (AvgIpc) is 2.36. The minimum atomic E-state index is -0.477. The van der Waals surface area contributed by atoms with E-state index in [1.54, 1.807) is 0 Å². The summed E-state index contributed by atoms with van der Waals surface area (Å²) in [6.45, 7) is 6.48. The fraction of sp³-hybridized carbons (Fsp3) is 0.909. The van der Waals surface area contributed by atoms with Crippen molar-refractivity contribution in [3.8, 4) is 0 Å². The molecule has 0 aromatic heterocycles. The van der Waals surface area contributed by atoms with Gasteiger partial charge in [0.1, 0.15) is 0 Å². The molecule has 1 aliphatic rings. The smallest absolute Gasteiger partial charge is 0.227 e. The molecule has 94 valence electrons. The number of nitrogens with one attached hydrogen (secondary N) is 1. The summed E-state index contributed by atoms with van der Waals surface area (Å²) < 4.78 is 10.7. The number of carbonyl (C=O) groups is 1. The molecule has 1 saturated heterocycles. The van der Waals surface area contributed by atoms with Crippen LogP contribution in [0.3, 0.4) is 0 Å². The van der Waals surface area contributed by atoms with E-state index in [9.17, 15) is 4.79 Å². The van der Waals surface area contributed by atoms with Gasteiger partial charge in [-0.25, -0.2) is 0 Å². The molecule has 16 heavy (non-hydrogen) atoms. The summed E-state index contributed by atoms with van der Waals surface area (Å²) in [6, 6.07) is 0. The zero-order chi connectivity index (χ0) is 12.0. The first-order valence-electron chi connectivity index (χ1n) is 5.80. The quantitative estimate of drug-likeness (QED) is 0.691. The van der Waals surface area contributed by atoms with Gasteiger partial charge in [-0.1, -0.05) is 6.92 Å². The molecule has 1 rings (SSSR count). The molecule has 1 amide bonds. The Labute approximate surface area is 96.7 Å². The van der Waals surface area contributed by atoms with Gasteiger partial charge in [-0.15, -0.1) is 0 Å². The largest absolute Gasteiger partial charge is 0.376 e. The first-order valence-corrected chi connectivity index (χ1v) is 5.80. The molecule has 0 aromatic carbocycles. The highest BCUT2D eigenvalue weighted by atomic mass is 16.6. The third-order valence-electron chi connectivity index (χ3n) is 3.15. The van der Waals surface area contributed by atoms with Gasteiger partial charge in [0.25, 0.3) is 0 Å². The van der Waals surface area contributed by atoms with Crippen LogP contribution in [0.2, 0.25) is 0 Å². The first kappa shape index (κ1) is 13.4. The molecular weight excluding hydrogens is 208 g/mol. The van der Waals surface area contributed by atoms with Crippen LogP contribution >= 0.6 is 0 Å². The second-order valence-electron chi connectivity index (χ2n) is 4.40. The average molecular weight is 230 g/mol. The van der Waals surface area contributed by atoms with E-state index < -0.39 is 5.41 Å². The molecule has 2 unspecified atom stereocenters. The molecule has 0 radical (unpaired) electrons. The Morgan fingerprint density at radius 1 is 1.56 bits per heavy atom. The summed E-state index contributed by atoms with van der Waals surface area (Å²) in [5.41, 5.74) is 5.13. The lowest BCUT2D eigenvalue weighted by Crippen LogP contribution is -2.47. The summed E-state index contributed by atoms with van der Waals surface area (Å²) in [7, 11) is 0. The van der Waals surface area contributed by atoms with Crippen molar-refractivity contribution in [2.45, 2.75) is 26.4 Å². The number of nitrogens with two attached hydrogens (primary N) is 1. The molecule has 0 aliphatic carbocycles. The van der Waals surface area contributed by atoms with Crippen LogP contribution in [0.15, 0.2) is 0 Å². The van der Waals surface area contributed by atoms with Crippen LogP contribution in [0, 0.1) is 5.41 Å². The summed E-state index contributed by atoms with van der Waals surface area (Å²) in [5.74, 6) is -0.00771. The highest BCUT2D eigenvalue weighted by Gasteiger charge is 2.30. The lowest BCUT2D eigenvalue weighted by molar-refractivity contribution is -0.132. The van der Waals surface area contributed by atoms with E-state index in [2.05, 4.69) is 5.32 Å². The molecule has 5 nitrogen and oxygen atoms in total. The van der Waals surface area contributed by atoms with E-state index in [0.717, 1.165) is 6.42 Å². The molecular formula is C11H22N2O3. The summed E-state index contributed by atoms with van der Waals surface area (Å²) in [5, 5.41) is 2.87. The van der Waals surface area contributed by atoms with Crippen molar-refractivity contribution < 1.29 is 14.3 Å². The van der Waals surface area contributed by atoms with Gasteiger partial charge in [-0.2, -0.15) is 0 Å². The lowest BCUT2D eigenvalue weighted by Gasteiger charge is -2.28. The van der Waals surface area contributed by atoms with Gasteiger partial charge >= 0.3 is 0 Å². The SMILES string of the molecule is CCC(C)(CN)C(=O)NCC1COCCO1. The van der Waals surface area contributed by atoms with Crippen LogP contribution in [0.25, 0.3) is 0 Å². The summed E-state index contributed by atoms with van der Waals surface area (Å²) in [4.78, 5) is 11.9. The topological polar surface area (TPSA) is 73.6 Å². The molecule has 3 N–H and O–H groups in total. The molecule has 5 heteroatoms. The Morgan fingerprint density at radius 3 is 2.81 bits per heavy atom. The second kappa shape index (κ2) is 6.18. The number of hydrogen-bond acceptors (Lipinski definition) is 4. The fourth-order valence-electron chi connectivity index (χ4n) is 1.47. The van der Waals surface area contributed by atoms with Crippen molar-refractivity contribution in [2.24, 2.45) is 11.1 Å². The highest BCUT2D eigenvalue weighted by molar-refractivity contribution is 5.82. The molecule has 1 aliphatic heterocycles. The number of ether oxygens (including phenoxy) is 2. The molecule has 2 atom stereocenters. The monoisotopic (exact) mass is 230 g/mol. The molecule has 0 saturated carbocycles. The third kappa shape index (κ3) is 3.43. The molecule has 0 bridgehead atoms. The van der Waals surface area contributed by atoms with E-state index in [0.29, 0.717) is 32.9 Å². The van der Waals surface area contributed by atoms with Crippen molar-refractivity contribution >= 4 is 5.91 Å². The molecule has 0 aromatic rings. The molecule has 0 spiro atoms. The van der Waals surface area contributed by atoms with Crippen molar-refractivity contribution in [2.75, 3.05) is 32.9 Å². The van der Waals surface area contributed by atoms with Crippen LogP contribution in [0.5, 0.6) is 0 Å². The van der Waals surface area contributed by atoms with Crippen LogP contribution in [-0.2, 0) is 14.3 Å². The van der Waals surface area contributed by atoms with Gasteiger partial charge in [-0.3, -0.25) is 4.79 Å². The number of hydrogen-bond donors (Lipinski definition) is 2. The zero-order valence-electron chi connectivity index (χ0n) is 10.1. The van der Waals surface area contributed by atoms with Gasteiger partial charge in [0.15, 0.2) is 0 Å². The Bertz CT molecular complexity index is 223. The van der Waals surface area contributed by atoms with Crippen LogP contribution in [-0.4, -0.2) is 44.9 Å². The molecule has 1 fully saturated rings. The summed E-state index contributed by atoms with van der Waals surface area (Å²) in [6.07, 6.45) is 0.703. The standard InChI is InChI=1S/C11H22N2O3/c1-3-11(2,8-12)10(14)13-6-9-7-15-4-5-16-9/h9H,3-8,12H2,1-2H3,(H,13,14). The van der Waals surface area contributed by atoms with Gasteiger partial charge in [0, 0.05) is 13.1 Å². The second-order valence-corrected chi connectivity index (χ2v) is 4.40. The zero-order valence-corrected chi connectivity index (χ0v) is 10.1. The maximum atomic E-state index is 11.9. The first-order chi connectivity index (χ1) is 7.62. The van der Waals surface area contributed by atoms with Gasteiger partial charge in [0.05, 0.1) is 31.3 Å². The minimum Gasteiger partial charge on any atom is -0.376 e. The Morgan fingerprint density at radius 2 is 2.31 bits per heavy atom. The maximum absolute atomic E-state index is 11.9. The summed E-state index contributed by atoms with van der Waals surface area (Å²) >= 11 is 0. The van der Waals surface area contributed by atoms with Crippen molar-refractivity contribution in [1.82, 2.24) is 5.32 Å². The van der Waals surface area contributed by atoms with E-state index in [1.165, 1.54) is 0 Å². The number of carbonyl (C=O) groups excluding carboxylic acids is 1. The fourth-order valence-corrected chi connectivity index (χ4v) is 1.47. The van der Waals surface area contributed by atoms with E-state index in [4.69, 9.17) is 15.2 Å². The van der Waals surface area contributed by atoms with Crippen molar-refractivity contribution in [3.63, 3.8) is 0 Å². The normalized spacial score (nSPS) is 24.8. The minimum absolute atomic E-state index is 0.00771. The van der Waals surface area contributed by atoms with Crippen molar-refractivity contribution in [1.29, 1.82) is 0 Å². The van der Waals surface area contributed by atoms with Gasteiger partial charge in [0.2, 0.25) is 5.91 Å². The highest BCUT2D eigenvalue weighted by Crippen LogP contribution is 2.19. The van der Waals surface area contributed by atoms with Crippen molar-refractivity contribution in [3.05, 3.63) is 0 Å². The number of rotatable bonds is 5. The van der Waals surface area contributed by atoms with E-state index in [1.807, 2.05) is 13.8 Å². The Balaban J connectivity index is 2.33. The van der Waals surface area contributed by atoms with Crippen LogP contribution in [0.1, 0.15) is 20.3 Å². The predicted molar refractivity (Wildman–Crippen MR) is 61.0 cm³/mol. The lowest BCUT2D eigenvalue weighted by atomic mass is 9.86. The maximum Gasteiger partial charge on any atom is 0.227 e. The van der Waals surface area contributed by atoms with E-state index in [-0.39, 0.29) is 12.0 Å². The van der Waals surface area contributed by atoms with Gasteiger partial charge < -0.3 is 20.5 Å². The third-order valence-corrected chi connectivity index (χ3v) is 3.15.